The number of fused-ring (bicyclic) bond motifs is 1. The smallest absolute Gasteiger partial charge is 0.238 e. The first-order valence-corrected chi connectivity index (χ1v) is 9.14. The summed E-state index contributed by atoms with van der Waals surface area (Å²) in [4.78, 5) is 0.0748. The van der Waals surface area contributed by atoms with E-state index in [1.807, 2.05) is 36.4 Å². The third kappa shape index (κ3) is 2.97. The van der Waals surface area contributed by atoms with Crippen molar-refractivity contribution < 1.29 is 13.2 Å². The van der Waals surface area contributed by atoms with Crippen LogP contribution >= 0.6 is 15.9 Å². The Hall–Kier alpha value is -1.89. The van der Waals surface area contributed by atoms with Gasteiger partial charge in [-0.3, -0.25) is 0 Å². The monoisotopic (exact) mass is 391 g/mol. The van der Waals surface area contributed by atoms with Crippen molar-refractivity contribution in [2.24, 2.45) is 5.14 Å². The van der Waals surface area contributed by atoms with Gasteiger partial charge in [-0.25, -0.2) is 13.6 Å². The maximum Gasteiger partial charge on any atom is 0.238 e. The highest BCUT2D eigenvalue weighted by atomic mass is 79.9. The first-order valence-electron chi connectivity index (χ1n) is 6.80. The molecule has 3 aromatic carbocycles. The zero-order valence-electron chi connectivity index (χ0n) is 12.3. The van der Waals surface area contributed by atoms with Crippen LogP contribution in [0.5, 0.6) is 5.75 Å². The van der Waals surface area contributed by atoms with Crippen molar-refractivity contribution in [3.8, 4) is 16.9 Å². The summed E-state index contributed by atoms with van der Waals surface area (Å²) in [7, 11) is -2.32. The zero-order chi connectivity index (χ0) is 16.6. The second-order valence-electron chi connectivity index (χ2n) is 5.05. The molecule has 6 heteroatoms. The third-order valence-electron chi connectivity index (χ3n) is 3.65. The Balaban J connectivity index is 2.41. The first-order chi connectivity index (χ1) is 10.9. The van der Waals surface area contributed by atoms with Gasteiger partial charge in [0.2, 0.25) is 10.0 Å². The van der Waals surface area contributed by atoms with Crippen molar-refractivity contribution in [1.29, 1.82) is 0 Å². The molecule has 3 aromatic rings. The maximum absolute atomic E-state index is 12.0. The predicted octanol–water partition coefficient (Wildman–Crippen LogP) is 3.93. The molecule has 3 rings (SSSR count). The number of primary sulfonamides is 1. The number of ether oxygens (including phenoxy) is 1. The minimum absolute atomic E-state index is 0.0748. The molecule has 0 saturated carbocycles. The molecule has 0 atom stereocenters. The second-order valence-corrected chi connectivity index (χ2v) is 7.43. The van der Waals surface area contributed by atoms with Gasteiger partial charge in [0.05, 0.1) is 12.0 Å². The maximum atomic E-state index is 12.0. The summed E-state index contributed by atoms with van der Waals surface area (Å²) in [5.74, 6) is 0.569. The molecule has 0 spiro atoms. The first kappa shape index (κ1) is 16.0. The van der Waals surface area contributed by atoms with E-state index in [0.717, 1.165) is 20.8 Å². The predicted molar refractivity (Wildman–Crippen MR) is 95.0 cm³/mol. The SMILES string of the molecule is COc1ccc(S(N)(=O)=O)c(-c2ccc(Br)c3ccccc23)c1. The largest absolute Gasteiger partial charge is 0.497 e. The van der Waals surface area contributed by atoms with Gasteiger partial charge in [-0.1, -0.05) is 46.3 Å². The number of benzene rings is 3. The molecule has 23 heavy (non-hydrogen) atoms. The molecule has 0 aliphatic carbocycles. The molecular weight excluding hydrogens is 378 g/mol. The Kier molecular flexibility index (Phi) is 4.14. The Morgan fingerprint density at radius 2 is 1.65 bits per heavy atom. The van der Waals surface area contributed by atoms with Crippen LogP contribution in [-0.2, 0) is 10.0 Å². The van der Waals surface area contributed by atoms with Gasteiger partial charge in [0.15, 0.2) is 0 Å². The number of hydrogen-bond donors (Lipinski definition) is 1. The van der Waals surface area contributed by atoms with E-state index in [1.54, 1.807) is 12.1 Å². The Labute approximate surface area is 143 Å². The van der Waals surface area contributed by atoms with Gasteiger partial charge in [0, 0.05) is 10.0 Å². The average Bonchev–Trinajstić information content (AvgIpc) is 2.54. The normalized spacial score (nSPS) is 11.6. The lowest BCUT2D eigenvalue weighted by atomic mass is 9.98. The van der Waals surface area contributed by atoms with Crippen LogP contribution in [0, 0.1) is 0 Å². The lowest BCUT2D eigenvalue weighted by molar-refractivity contribution is 0.414. The molecule has 0 aliphatic heterocycles. The minimum Gasteiger partial charge on any atom is -0.497 e. The fourth-order valence-electron chi connectivity index (χ4n) is 2.59. The van der Waals surface area contributed by atoms with Crippen molar-refractivity contribution in [2.75, 3.05) is 7.11 Å². The zero-order valence-corrected chi connectivity index (χ0v) is 14.7. The van der Waals surface area contributed by atoms with Crippen LogP contribution in [0.15, 0.2) is 64.0 Å². The number of nitrogens with two attached hydrogens (primary N) is 1. The van der Waals surface area contributed by atoms with Gasteiger partial charge < -0.3 is 4.74 Å². The highest BCUT2D eigenvalue weighted by Gasteiger charge is 2.18. The third-order valence-corrected chi connectivity index (χ3v) is 5.31. The van der Waals surface area contributed by atoms with Crippen LogP contribution in [0.2, 0.25) is 0 Å². The number of rotatable bonds is 3. The van der Waals surface area contributed by atoms with E-state index in [-0.39, 0.29) is 4.90 Å². The van der Waals surface area contributed by atoms with E-state index >= 15 is 0 Å². The molecule has 0 heterocycles. The average molecular weight is 392 g/mol. The second kappa shape index (κ2) is 5.96. The van der Waals surface area contributed by atoms with Crippen LogP contribution in [-0.4, -0.2) is 15.5 Å². The van der Waals surface area contributed by atoms with Crippen molar-refractivity contribution in [1.82, 2.24) is 0 Å². The van der Waals surface area contributed by atoms with Crippen LogP contribution in [0.3, 0.4) is 0 Å². The lowest BCUT2D eigenvalue weighted by Crippen LogP contribution is -2.13. The minimum atomic E-state index is -3.85. The number of methoxy groups -OCH3 is 1. The molecular formula is C17H14BrNO3S. The van der Waals surface area contributed by atoms with E-state index in [9.17, 15) is 8.42 Å². The van der Waals surface area contributed by atoms with Crippen molar-refractivity contribution in [2.45, 2.75) is 4.90 Å². The fourth-order valence-corrected chi connectivity index (χ4v) is 3.80. The topological polar surface area (TPSA) is 69.4 Å². The molecule has 0 radical (unpaired) electrons. The van der Waals surface area contributed by atoms with E-state index < -0.39 is 10.0 Å². The van der Waals surface area contributed by atoms with Gasteiger partial charge in [0.1, 0.15) is 5.75 Å². The number of halogens is 1. The molecule has 0 aromatic heterocycles. The molecule has 0 unspecified atom stereocenters. The fraction of sp³-hybridized carbons (Fsp3) is 0.0588. The molecule has 4 nitrogen and oxygen atoms in total. The van der Waals surface area contributed by atoms with Crippen LogP contribution in [0.4, 0.5) is 0 Å². The molecule has 2 N–H and O–H groups in total. The van der Waals surface area contributed by atoms with E-state index in [4.69, 9.17) is 9.88 Å². The summed E-state index contributed by atoms with van der Waals surface area (Å²) in [6, 6.07) is 16.3. The number of sulfonamides is 1. The summed E-state index contributed by atoms with van der Waals surface area (Å²) < 4.78 is 30.1. The Morgan fingerprint density at radius 1 is 0.957 bits per heavy atom. The highest BCUT2D eigenvalue weighted by molar-refractivity contribution is 9.10. The van der Waals surface area contributed by atoms with Crippen molar-refractivity contribution in [3.05, 3.63) is 59.1 Å². The summed E-state index contributed by atoms with van der Waals surface area (Å²) in [5, 5.41) is 7.31. The van der Waals surface area contributed by atoms with Gasteiger partial charge >= 0.3 is 0 Å². The number of hydrogen-bond acceptors (Lipinski definition) is 3. The summed E-state index contributed by atoms with van der Waals surface area (Å²) in [5.41, 5.74) is 1.31. The molecule has 118 valence electrons. The van der Waals surface area contributed by atoms with E-state index in [2.05, 4.69) is 15.9 Å². The van der Waals surface area contributed by atoms with E-state index in [1.165, 1.54) is 13.2 Å². The molecule has 0 bridgehead atoms. The van der Waals surface area contributed by atoms with Crippen LogP contribution in [0.25, 0.3) is 21.9 Å². The van der Waals surface area contributed by atoms with Crippen LogP contribution < -0.4 is 9.88 Å². The summed E-state index contributed by atoms with van der Waals surface area (Å²) >= 11 is 3.52. The molecule has 0 aliphatic rings. The molecule has 0 fully saturated rings. The lowest BCUT2D eigenvalue weighted by Gasteiger charge is -2.13. The van der Waals surface area contributed by atoms with Gasteiger partial charge in [0.25, 0.3) is 0 Å². The summed E-state index contributed by atoms with van der Waals surface area (Å²) in [6.07, 6.45) is 0. The summed E-state index contributed by atoms with van der Waals surface area (Å²) in [6.45, 7) is 0. The quantitative estimate of drug-likeness (QED) is 0.735. The molecule has 0 amide bonds. The van der Waals surface area contributed by atoms with Gasteiger partial charge in [-0.05, 0) is 40.6 Å². The van der Waals surface area contributed by atoms with Crippen molar-refractivity contribution >= 4 is 36.7 Å². The highest BCUT2D eigenvalue weighted by Crippen LogP contribution is 2.37. The Bertz CT molecular complexity index is 1000. The van der Waals surface area contributed by atoms with Crippen molar-refractivity contribution in [3.63, 3.8) is 0 Å². The Morgan fingerprint density at radius 3 is 2.30 bits per heavy atom. The van der Waals surface area contributed by atoms with E-state index in [0.29, 0.717) is 11.3 Å². The standard InChI is InChI=1S/C17H14BrNO3S/c1-22-11-6-9-17(23(19,20)21)15(10-11)13-7-8-16(18)14-5-3-2-4-12(13)14/h2-10H,1H3,(H2,19,20,21). The van der Waals surface area contributed by atoms with Gasteiger partial charge in [-0.15, -0.1) is 0 Å². The van der Waals surface area contributed by atoms with Crippen LogP contribution in [0.1, 0.15) is 0 Å². The molecule has 0 saturated heterocycles. The van der Waals surface area contributed by atoms with Gasteiger partial charge in [-0.2, -0.15) is 0 Å².